The van der Waals surface area contributed by atoms with Crippen molar-refractivity contribution in [2.45, 2.75) is 122 Å². The van der Waals surface area contributed by atoms with E-state index in [0.29, 0.717) is 19.4 Å². The molecule has 3 rings (SSSR count). The summed E-state index contributed by atoms with van der Waals surface area (Å²) in [5.41, 5.74) is 0. The molecule has 6 atom stereocenters. The van der Waals surface area contributed by atoms with E-state index in [9.17, 15) is 14.2 Å². The van der Waals surface area contributed by atoms with Crippen LogP contribution in [0, 0.1) is 0 Å². The lowest BCUT2D eigenvalue weighted by atomic mass is 9.89. The molecular weight excluding hydrogens is 549 g/mol. The lowest BCUT2D eigenvalue weighted by Crippen LogP contribution is -2.65. The fourth-order valence-corrected chi connectivity index (χ4v) is 6.26. The highest BCUT2D eigenvalue weighted by atomic mass is 31.2. The summed E-state index contributed by atoms with van der Waals surface area (Å²) in [7, 11) is -3.19. The Bertz CT molecular complexity index is 874. The quantitative estimate of drug-likeness (QED) is 0.146. The normalized spacial score (nSPS) is 31.4. The molecule has 3 saturated heterocycles. The molecule has 1 amide bonds. The number of methoxy groups -OCH3 is 1. The summed E-state index contributed by atoms with van der Waals surface area (Å²) in [6.07, 6.45) is 0.195. The SMILES string of the molecule is CCCCOC[C@H]1OC(C)(C)O[C@H]1C1O[C@@](OP(=O)(OCCCC)OCCCC)(C(=O)OC)C[C@H]2OC(=O)N[C@@H]12. The van der Waals surface area contributed by atoms with Crippen molar-refractivity contribution in [2.75, 3.05) is 33.5 Å². The van der Waals surface area contributed by atoms with Gasteiger partial charge in [0.1, 0.15) is 24.4 Å². The number of hydrogen-bond donors (Lipinski definition) is 1. The van der Waals surface area contributed by atoms with E-state index < -0.39 is 61.9 Å². The molecule has 0 aliphatic carbocycles. The first-order chi connectivity index (χ1) is 19.0. The lowest BCUT2D eigenvalue weighted by Gasteiger charge is -2.45. The second-order valence-corrected chi connectivity index (χ2v) is 12.2. The molecule has 0 spiro atoms. The summed E-state index contributed by atoms with van der Waals surface area (Å²) in [6, 6.07) is -0.726. The summed E-state index contributed by atoms with van der Waals surface area (Å²) < 4.78 is 66.0. The van der Waals surface area contributed by atoms with Gasteiger partial charge in [0.2, 0.25) is 0 Å². The van der Waals surface area contributed by atoms with Gasteiger partial charge in [0.25, 0.3) is 5.79 Å². The molecule has 1 N–H and O–H groups in total. The number of hydrogen-bond acceptors (Lipinski definition) is 12. The summed E-state index contributed by atoms with van der Waals surface area (Å²) in [6.45, 7) is 10.3. The van der Waals surface area contributed by atoms with Gasteiger partial charge >= 0.3 is 19.9 Å². The topological polar surface area (TPSA) is 146 Å². The molecule has 0 bridgehead atoms. The van der Waals surface area contributed by atoms with E-state index in [0.717, 1.165) is 32.8 Å². The maximum absolute atomic E-state index is 13.9. The Morgan fingerprint density at radius 1 is 0.975 bits per heavy atom. The summed E-state index contributed by atoms with van der Waals surface area (Å²) in [5, 5.41) is 2.75. The van der Waals surface area contributed by atoms with Crippen LogP contribution in [0.1, 0.15) is 79.6 Å². The monoisotopic (exact) mass is 595 g/mol. The van der Waals surface area contributed by atoms with Gasteiger partial charge in [-0.2, -0.15) is 0 Å². The number of unbranched alkanes of at least 4 members (excludes halogenated alkanes) is 3. The van der Waals surface area contributed by atoms with Crippen LogP contribution in [0.3, 0.4) is 0 Å². The number of alkyl carbamates (subject to hydrolysis) is 1. The fraction of sp³-hybridized carbons (Fsp3) is 0.923. The minimum absolute atomic E-state index is 0.0775. The van der Waals surface area contributed by atoms with Crippen LogP contribution < -0.4 is 5.32 Å². The van der Waals surface area contributed by atoms with Crippen LogP contribution in [0.15, 0.2) is 0 Å². The van der Waals surface area contributed by atoms with Crippen LogP contribution in [0.25, 0.3) is 0 Å². The van der Waals surface area contributed by atoms with E-state index >= 15 is 0 Å². The van der Waals surface area contributed by atoms with Gasteiger partial charge in [-0.15, -0.1) is 0 Å². The Kier molecular flexibility index (Phi) is 12.2. The second-order valence-electron chi connectivity index (χ2n) is 10.6. The lowest BCUT2D eigenvalue weighted by molar-refractivity contribution is -0.283. The van der Waals surface area contributed by atoms with Crippen molar-refractivity contribution in [1.82, 2.24) is 5.32 Å². The molecule has 1 unspecified atom stereocenters. The van der Waals surface area contributed by atoms with Crippen LogP contribution >= 0.6 is 7.82 Å². The number of phosphoric acid groups is 1. The minimum atomic E-state index is -4.34. The molecule has 232 valence electrons. The van der Waals surface area contributed by atoms with Gasteiger partial charge in [-0.05, 0) is 33.1 Å². The second kappa shape index (κ2) is 14.7. The molecule has 13 nitrogen and oxygen atoms in total. The van der Waals surface area contributed by atoms with Gasteiger partial charge in [-0.3, -0.25) is 9.05 Å². The van der Waals surface area contributed by atoms with Gasteiger partial charge in [-0.1, -0.05) is 40.0 Å². The van der Waals surface area contributed by atoms with Gasteiger partial charge in [0, 0.05) is 6.61 Å². The average molecular weight is 596 g/mol. The first-order valence-electron chi connectivity index (χ1n) is 14.3. The Hall–Kier alpha value is -1.31. The fourth-order valence-electron chi connectivity index (χ4n) is 4.82. The predicted octanol–water partition coefficient (Wildman–Crippen LogP) is 4.22. The first-order valence-corrected chi connectivity index (χ1v) is 15.7. The van der Waals surface area contributed by atoms with E-state index in [1.165, 1.54) is 0 Å². The van der Waals surface area contributed by atoms with Crippen LogP contribution in [0.5, 0.6) is 0 Å². The van der Waals surface area contributed by atoms with Crippen molar-refractivity contribution in [3.8, 4) is 0 Å². The highest BCUT2D eigenvalue weighted by molar-refractivity contribution is 7.48. The van der Waals surface area contributed by atoms with Gasteiger partial charge < -0.3 is 33.7 Å². The van der Waals surface area contributed by atoms with Crippen molar-refractivity contribution in [1.29, 1.82) is 0 Å². The number of carbonyl (C=O) groups is 2. The van der Waals surface area contributed by atoms with Crippen molar-refractivity contribution in [3.05, 3.63) is 0 Å². The minimum Gasteiger partial charge on any atom is -0.465 e. The molecule has 3 aliphatic heterocycles. The third-order valence-corrected chi connectivity index (χ3v) is 8.33. The van der Waals surface area contributed by atoms with E-state index in [1.54, 1.807) is 13.8 Å². The molecule has 3 fully saturated rings. The standard InChI is InChI=1S/C26H46NO12P/c1-7-10-13-32-17-19-21(37-25(4,5)36-19)22-20-18(35-24(29)27-20)16-26(38-22,23(28)31-6)39-40(30,33-14-11-8-2)34-15-12-9-3/h18-22H,7-17H2,1-6H3,(H,27,29)/t18-,19-,20-,21-,22?,26+/m1/s1. The van der Waals surface area contributed by atoms with Crippen LogP contribution in [0.4, 0.5) is 4.79 Å². The third kappa shape index (κ3) is 8.38. The Morgan fingerprint density at radius 3 is 2.20 bits per heavy atom. The molecule has 0 saturated carbocycles. The van der Waals surface area contributed by atoms with Gasteiger partial charge in [0.05, 0.1) is 39.4 Å². The van der Waals surface area contributed by atoms with Crippen LogP contribution in [-0.2, 0) is 51.4 Å². The molecular formula is C26H46NO12P. The summed E-state index contributed by atoms with van der Waals surface area (Å²) >= 11 is 0. The van der Waals surface area contributed by atoms with Crippen molar-refractivity contribution >= 4 is 19.9 Å². The van der Waals surface area contributed by atoms with Crippen molar-refractivity contribution < 1.29 is 56.1 Å². The van der Waals surface area contributed by atoms with Crippen LogP contribution in [0.2, 0.25) is 0 Å². The largest absolute Gasteiger partial charge is 0.477 e. The molecule has 3 aliphatic rings. The summed E-state index contributed by atoms with van der Waals surface area (Å²) in [4.78, 5) is 25.7. The van der Waals surface area contributed by atoms with E-state index in [-0.39, 0.29) is 26.2 Å². The molecule has 3 heterocycles. The first kappa shape index (κ1) is 33.2. The predicted molar refractivity (Wildman–Crippen MR) is 141 cm³/mol. The highest BCUT2D eigenvalue weighted by Gasteiger charge is 2.64. The zero-order valence-electron chi connectivity index (χ0n) is 24.5. The van der Waals surface area contributed by atoms with Crippen molar-refractivity contribution in [3.63, 3.8) is 0 Å². The number of nitrogens with one attached hydrogen (secondary N) is 1. The highest BCUT2D eigenvalue weighted by Crippen LogP contribution is 2.56. The number of esters is 1. The summed E-state index contributed by atoms with van der Waals surface area (Å²) in [5.74, 6) is -4.28. The molecule has 14 heteroatoms. The third-order valence-electron chi connectivity index (χ3n) is 6.81. The number of ether oxygens (including phenoxy) is 6. The van der Waals surface area contributed by atoms with Crippen molar-refractivity contribution in [2.24, 2.45) is 0 Å². The molecule has 0 radical (unpaired) electrons. The van der Waals surface area contributed by atoms with Gasteiger partial charge in [-0.25, -0.2) is 18.7 Å². The zero-order valence-corrected chi connectivity index (χ0v) is 25.4. The molecule has 40 heavy (non-hydrogen) atoms. The number of phosphoric ester groups is 1. The van der Waals surface area contributed by atoms with E-state index in [1.807, 2.05) is 13.8 Å². The Balaban J connectivity index is 1.95. The molecule has 0 aromatic heterocycles. The Labute approximate surface area is 236 Å². The zero-order chi connectivity index (χ0) is 29.4. The maximum atomic E-state index is 13.9. The number of amides is 1. The van der Waals surface area contributed by atoms with Gasteiger partial charge in [0.15, 0.2) is 5.79 Å². The number of rotatable bonds is 17. The number of carbonyl (C=O) groups excluding carboxylic acids is 2. The maximum Gasteiger partial charge on any atom is 0.477 e. The Morgan fingerprint density at radius 2 is 1.60 bits per heavy atom. The van der Waals surface area contributed by atoms with E-state index in [4.69, 9.17) is 42.0 Å². The molecule has 0 aromatic rings. The van der Waals surface area contributed by atoms with E-state index in [2.05, 4.69) is 12.2 Å². The smallest absolute Gasteiger partial charge is 0.465 e. The molecule has 0 aromatic carbocycles. The average Bonchev–Trinajstić information content (AvgIpc) is 3.43. The van der Waals surface area contributed by atoms with Crippen LogP contribution in [-0.4, -0.2) is 87.6 Å². The number of fused-ring (bicyclic) bond motifs is 1.